The Kier molecular flexibility index (Phi) is 4.93. The number of nitrogens with one attached hydrogen (secondary N) is 1. The van der Waals surface area contributed by atoms with E-state index in [4.69, 9.17) is 9.15 Å². The van der Waals surface area contributed by atoms with Gasteiger partial charge in [0.05, 0.1) is 12.5 Å². The van der Waals surface area contributed by atoms with Gasteiger partial charge in [-0.1, -0.05) is 0 Å². The summed E-state index contributed by atoms with van der Waals surface area (Å²) in [6.45, 7) is 9.67. The smallest absolute Gasteiger partial charge is 0.407 e. The Morgan fingerprint density at radius 2 is 2.29 bits per heavy atom. The van der Waals surface area contributed by atoms with E-state index in [1.54, 1.807) is 12.5 Å². The zero-order valence-corrected chi connectivity index (χ0v) is 13.4. The Hall–Kier alpha value is -1.49. The van der Waals surface area contributed by atoms with Gasteiger partial charge in [0.2, 0.25) is 0 Å². The number of alkyl carbamates (subject to hydrolysis) is 1. The number of likely N-dealkylation sites (tertiary alicyclic amines) is 1. The summed E-state index contributed by atoms with van der Waals surface area (Å²) in [5, 5.41) is 2.98. The quantitative estimate of drug-likeness (QED) is 0.929. The first kappa shape index (κ1) is 15.9. The minimum absolute atomic E-state index is 0.142. The predicted molar refractivity (Wildman–Crippen MR) is 81.1 cm³/mol. The van der Waals surface area contributed by atoms with Crippen LogP contribution in [0.15, 0.2) is 23.0 Å². The molecule has 2 rings (SSSR count). The highest BCUT2D eigenvalue weighted by atomic mass is 16.6. The van der Waals surface area contributed by atoms with Gasteiger partial charge in [-0.25, -0.2) is 4.79 Å². The highest BCUT2D eigenvalue weighted by molar-refractivity contribution is 5.68. The van der Waals surface area contributed by atoms with Crippen LogP contribution in [0.3, 0.4) is 0 Å². The van der Waals surface area contributed by atoms with Crippen LogP contribution in [0.2, 0.25) is 0 Å². The third kappa shape index (κ3) is 4.77. The van der Waals surface area contributed by atoms with Crippen molar-refractivity contribution in [2.75, 3.05) is 13.1 Å². The average molecular weight is 294 g/mol. The lowest BCUT2D eigenvalue weighted by Crippen LogP contribution is -2.49. The van der Waals surface area contributed by atoms with Crippen molar-refractivity contribution >= 4 is 6.09 Å². The molecule has 5 heteroatoms. The number of rotatable bonds is 3. The van der Waals surface area contributed by atoms with Crippen LogP contribution in [0.4, 0.5) is 4.79 Å². The molecule has 5 nitrogen and oxygen atoms in total. The van der Waals surface area contributed by atoms with Gasteiger partial charge in [-0.3, -0.25) is 4.90 Å². The molecule has 118 valence electrons. The van der Waals surface area contributed by atoms with Crippen LogP contribution in [0, 0.1) is 0 Å². The zero-order chi connectivity index (χ0) is 15.5. The van der Waals surface area contributed by atoms with Crippen LogP contribution in [-0.2, 0) is 4.74 Å². The van der Waals surface area contributed by atoms with E-state index in [0.29, 0.717) is 6.04 Å². The topological polar surface area (TPSA) is 54.7 Å². The summed E-state index contributed by atoms with van der Waals surface area (Å²) < 4.78 is 10.5. The second kappa shape index (κ2) is 6.52. The molecule has 2 heterocycles. The van der Waals surface area contributed by atoms with E-state index in [1.807, 2.05) is 26.8 Å². The van der Waals surface area contributed by atoms with E-state index < -0.39 is 5.60 Å². The maximum Gasteiger partial charge on any atom is 0.407 e. The molecule has 0 aliphatic carbocycles. The van der Waals surface area contributed by atoms with Crippen molar-refractivity contribution in [2.45, 2.75) is 58.2 Å². The van der Waals surface area contributed by atoms with E-state index in [1.165, 1.54) is 5.56 Å². The van der Waals surface area contributed by atoms with Crippen LogP contribution in [-0.4, -0.2) is 35.7 Å². The van der Waals surface area contributed by atoms with Crippen molar-refractivity contribution in [1.29, 1.82) is 0 Å². The van der Waals surface area contributed by atoms with Gasteiger partial charge in [-0.05, 0) is 53.1 Å². The van der Waals surface area contributed by atoms with Crippen molar-refractivity contribution in [1.82, 2.24) is 10.2 Å². The summed E-state index contributed by atoms with van der Waals surface area (Å²) in [6, 6.07) is 2.44. The molecule has 2 atom stereocenters. The molecule has 1 N–H and O–H groups in total. The summed E-state index contributed by atoms with van der Waals surface area (Å²) in [4.78, 5) is 14.2. The average Bonchev–Trinajstić information content (AvgIpc) is 2.89. The number of piperidine rings is 1. The maximum atomic E-state index is 11.9. The molecule has 1 aromatic heterocycles. The summed E-state index contributed by atoms with van der Waals surface area (Å²) in [5.74, 6) is 0. The third-order valence-corrected chi connectivity index (χ3v) is 3.75. The van der Waals surface area contributed by atoms with E-state index >= 15 is 0 Å². The molecular weight excluding hydrogens is 268 g/mol. The highest BCUT2D eigenvalue weighted by Crippen LogP contribution is 2.24. The maximum absolute atomic E-state index is 11.9. The third-order valence-electron chi connectivity index (χ3n) is 3.75. The number of ether oxygens (including phenoxy) is 1. The van der Waals surface area contributed by atoms with E-state index in [9.17, 15) is 4.79 Å². The predicted octanol–water partition coefficient (Wildman–Crippen LogP) is 3.33. The molecule has 1 saturated heterocycles. The number of hydrogen-bond donors (Lipinski definition) is 1. The van der Waals surface area contributed by atoms with Gasteiger partial charge in [0.1, 0.15) is 5.60 Å². The molecule has 1 amide bonds. The lowest BCUT2D eigenvalue weighted by atomic mass is 10.0. The fourth-order valence-corrected chi connectivity index (χ4v) is 2.67. The fourth-order valence-electron chi connectivity index (χ4n) is 2.67. The van der Waals surface area contributed by atoms with Gasteiger partial charge in [-0.2, -0.15) is 0 Å². The van der Waals surface area contributed by atoms with Crippen molar-refractivity contribution in [3.63, 3.8) is 0 Å². The second-order valence-electron chi connectivity index (χ2n) is 6.71. The number of carbonyl (C=O) groups is 1. The molecule has 0 saturated carbocycles. The van der Waals surface area contributed by atoms with Gasteiger partial charge in [0, 0.05) is 24.2 Å². The van der Waals surface area contributed by atoms with Crippen molar-refractivity contribution in [2.24, 2.45) is 0 Å². The standard InChI is InChI=1S/C16H26N2O3/c1-12(13-7-9-20-11-13)18-8-5-6-14(10-18)17-15(19)21-16(2,3)4/h7,9,11-12,14H,5-6,8,10H2,1-4H3,(H,17,19). The number of furan rings is 1. The number of nitrogens with zero attached hydrogens (tertiary/aromatic N) is 1. The van der Waals surface area contributed by atoms with Crippen molar-refractivity contribution < 1.29 is 13.9 Å². The molecule has 21 heavy (non-hydrogen) atoms. The van der Waals surface area contributed by atoms with Crippen LogP contribution in [0.5, 0.6) is 0 Å². The zero-order valence-electron chi connectivity index (χ0n) is 13.4. The Labute approximate surface area is 126 Å². The van der Waals surface area contributed by atoms with Gasteiger partial charge < -0.3 is 14.5 Å². The molecule has 0 spiro atoms. The van der Waals surface area contributed by atoms with E-state index in [0.717, 1.165) is 25.9 Å². The summed E-state index contributed by atoms with van der Waals surface area (Å²) in [7, 11) is 0. The monoisotopic (exact) mass is 294 g/mol. The number of carbonyl (C=O) groups excluding carboxylic acids is 1. The molecule has 0 radical (unpaired) electrons. The Balaban J connectivity index is 1.87. The summed E-state index contributed by atoms with van der Waals surface area (Å²) in [6.07, 6.45) is 5.23. The van der Waals surface area contributed by atoms with Crippen LogP contribution in [0.25, 0.3) is 0 Å². The van der Waals surface area contributed by atoms with Gasteiger partial charge in [0.15, 0.2) is 0 Å². The fraction of sp³-hybridized carbons (Fsp3) is 0.688. The Morgan fingerprint density at radius 3 is 2.90 bits per heavy atom. The Morgan fingerprint density at radius 1 is 1.52 bits per heavy atom. The van der Waals surface area contributed by atoms with Crippen LogP contribution in [0.1, 0.15) is 52.1 Å². The molecule has 1 aliphatic rings. The van der Waals surface area contributed by atoms with Crippen molar-refractivity contribution in [3.05, 3.63) is 24.2 Å². The lowest BCUT2D eigenvalue weighted by molar-refractivity contribution is 0.0458. The molecule has 0 aromatic carbocycles. The van der Waals surface area contributed by atoms with Gasteiger partial charge >= 0.3 is 6.09 Å². The normalized spacial score (nSPS) is 21.8. The van der Waals surface area contributed by atoms with Gasteiger partial charge in [0.25, 0.3) is 0 Å². The van der Waals surface area contributed by atoms with Gasteiger partial charge in [-0.15, -0.1) is 0 Å². The largest absolute Gasteiger partial charge is 0.472 e. The molecule has 1 aliphatic heterocycles. The minimum Gasteiger partial charge on any atom is -0.472 e. The summed E-state index contributed by atoms with van der Waals surface area (Å²) >= 11 is 0. The molecule has 2 unspecified atom stereocenters. The molecular formula is C16H26N2O3. The van der Waals surface area contributed by atoms with Crippen molar-refractivity contribution in [3.8, 4) is 0 Å². The first-order valence-electron chi connectivity index (χ1n) is 7.61. The molecule has 1 fully saturated rings. The molecule has 0 bridgehead atoms. The summed E-state index contributed by atoms with van der Waals surface area (Å²) in [5.41, 5.74) is 0.718. The van der Waals surface area contributed by atoms with Crippen LogP contribution < -0.4 is 5.32 Å². The number of amides is 1. The second-order valence-corrected chi connectivity index (χ2v) is 6.71. The molecule has 1 aromatic rings. The first-order valence-corrected chi connectivity index (χ1v) is 7.61. The number of hydrogen-bond acceptors (Lipinski definition) is 4. The highest BCUT2D eigenvalue weighted by Gasteiger charge is 2.27. The van der Waals surface area contributed by atoms with E-state index in [-0.39, 0.29) is 12.1 Å². The minimum atomic E-state index is -0.456. The van der Waals surface area contributed by atoms with E-state index in [2.05, 4.69) is 17.1 Å². The SMILES string of the molecule is CC(c1ccoc1)N1CCCC(NC(=O)OC(C)(C)C)C1. The first-order chi connectivity index (χ1) is 9.85. The van der Waals surface area contributed by atoms with Crippen LogP contribution >= 0.6 is 0 Å². The Bertz CT molecular complexity index is 451. The lowest BCUT2D eigenvalue weighted by Gasteiger charge is -2.36.